The van der Waals surface area contributed by atoms with Crippen LogP contribution in [-0.2, 0) is 6.42 Å². The third-order valence-corrected chi connectivity index (χ3v) is 2.24. The number of anilines is 1. The molecule has 2 heteroatoms. The normalized spacial score (nSPS) is 10.1. The largest absolute Gasteiger partial charge is 0.395 e. The molecule has 0 bridgehead atoms. The first-order valence-electron chi connectivity index (χ1n) is 5.31. The molecule has 0 radical (unpaired) electrons. The Bertz CT molecular complexity index is 233. The lowest BCUT2D eigenvalue weighted by molar-refractivity contribution is 0.311. The Kier molecular flexibility index (Phi) is 5.08. The van der Waals surface area contributed by atoms with Gasteiger partial charge >= 0.3 is 0 Å². The summed E-state index contributed by atoms with van der Waals surface area (Å²) in [4.78, 5) is 0. The van der Waals surface area contributed by atoms with Gasteiger partial charge in [-0.15, -0.1) is 0 Å². The number of hydrogen-bond acceptors (Lipinski definition) is 2. The van der Waals surface area contributed by atoms with E-state index in [0.29, 0.717) is 6.54 Å². The minimum Gasteiger partial charge on any atom is -0.395 e. The Hall–Kier alpha value is -1.02. The van der Waals surface area contributed by atoms with Crippen molar-refractivity contribution in [2.24, 2.45) is 0 Å². The predicted molar refractivity (Wildman–Crippen MR) is 60.6 cm³/mol. The molecule has 0 aliphatic carbocycles. The molecule has 0 fully saturated rings. The van der Waals surface area contributed by atoms with Crippen LogP contribution in [0, 0.1) is 0 Å². The van der Waals surface area contributed by atoms with Crippen molar-refractivity contribution >= 4 is 5.69 Å². The van der Waals surface area contributed by atoms with Gasteiger partial charge in [0.2, 0.25) is 0 Å². The zero-order valence-electron chi connectivity index (χ0n) is 8.79. The fourth-order valence-electron chi connectivity index (χ4n) is 1.47. The van der Waals surface area contributed by atoms with Crippen LogP contribution in [0.5, 0.6) is 0 Å². The van der Waals surface area contributed by atoms with Crippen LogP contribution in [0.25, 0.3) is 0 Å². The Morgan fingerprint density at radius 1 is 1.29 bits per heavy atom. The van der Waals surface area contributed by atoms with E-state index in [-0.39, 0.29) is 6.61 Å². The quantitative estimate of drug-likeness (QED) is 0.727. The Balaban J connectivity index is 2.60. The molecule has 0 saturated heterocycles. The van der Waals surface area contributed by atoms with Crippen molar-refractivity contribution in [1.29, 1.82) is 0 Å². The summed E-state index contributed by atoms with van der Waals surface area (Å²) in [5, 5.41) is 12.0. The second-order valence-corrected chi connectivity index (χ2v) is 3.41. The topological polar surface area (TPSA) is 32.3 Å². The van der Waals surface area contributed by atoms with Crippen molar-refractivity contribution in [2.45, 2.75) is 26.2 Å². The lowest BCUT2D eigenvalue weighted by Crippen LogP contribution is -2.07. The molecular weight excluding hydrogens is 174 g/mol. The van der Waals surface area contributed by atoms with Crippen molar-refractivity contribution < 1.29 is 5.11 Å². The van der Waals surface area contributed by atoms with Gasteiger partial charge in [-0.3, -0.25) is 0 Å². The molecule has 0 saturated carbocycles. The highest BCUT2D eigenvalue weighted by Gasteiger charge is 1.99. The molecule has 0 spiro atoms. The van der Waals surface area contributed by atoms with Crippen LogP contribution in [0.2, 0.25) is 0 Å². The Morgan fingerprint density at radius 3 is 2.79 bits per heavy atom. The SMILES string of the molecule is CCCCc1ccccc1NCCO. The van der Waals surface area contributed by atoms with Crippen molar-refractivity contribution in [3.05, 3.63) is 29.8 Å². The molecule has 2 N–H and O–H groups in total. The summed E-state index contributed by atoms with van der Waals surface area (Å²) >= 11 is 0. The van der Waals surface area contributed by atoms with E-state index in [2.05, 4.69) is 30.4 Å². The van der Waals surface area contributed by atoms with Gasteiger partial charge in [-0.1, -0.05) is 31.5 Å². The number of para-hydroxylation sites is 1. The molecular formula is C12H19NO. The van der Waals surface area contributed by atoms with Crippen molar-refractivity contribution in [3.63, 3.8) is 0 Å². The maximum absolute atomic E-state index is 8.73. The lowest BCUT2D eigenvalue weighted by Gasteiger charge is -2.10. The standard InChI is InChI=1S/C12H19NO/c1-2-3-6-11-7-4-5-8-12(11)13-9-10-14/h4-5,7-8,13-14H,2-3,6,9-10H2,1H3. The zero-order chi connectivity index (χ0) is 10.2. The smallest absolute Gasteiger partial charge is 0.0604 e. The van der Waals surface area contributed by atoms with Crippen LogP contribution < -0.4 is 5.32 Å². The first kappa shape index (κ1) is 11.1. The highest BCUT2D eigenvalue weighted by atomic mass is 16.3. The van der Waals surface area contributed by atoms with E-state index < -0.39 is 0 Å². The highest BCUT2D eigenvalue weighted by Crippen LogP contribution is 2.16. The third kappa shape index (κ3) is 3.38. The van der Waals surface area contributed by atoms with E-state index in [1.807, 2.05) is 6.07 Å². The van der Waals surface area contributed by atoms with Crippen LogP contribution in [0.15, 0.2) is 24.3 Å². The molecule has 2 nitrogen and oxygen atoms in total. The molecule has 0 aromatic heterocycles. The van der Waals surface area contributed by atoms with E-state index in [1.165, 1.54) is 18.4 Å². The summed E-state index contributed by atoms with van der Waals surface area (Å²) in [5.41, 5.74) is 2.51. The van der Waals surface area contributed by atoms with Gasteiger partial charge in [0, 0.05) is 12.2 Å². The van der Waals surface area contributed by atoms with Gasteiger partial charge in [0.1, 0.15) is 0 Å². The summed E-state index contributed by atoms with van der Waals surface area (Å²) in [5.74, 6) is 0. The number of benzene rings is 1. The lowest BCUT2D eigenvalue weighted by atomic mass is 10.1. The van der Waals surface area contributed by atoms with Gasteiger partial charge in [0.15, 0.2) is 0 Å². The Morgan fingerprint density at radius 2 is 2.07 bits per heavy atom. The van der Waals surface area contributed by atoms with Crippen LogP contribution in [0.4, 0.5) is 5.69 Å². The second kappa shape index (κ2) is 6.44. The monoisotopic (exact) mass is 193 g/mol. The van der Waals surface area contributed by atoms with Gasteiger partial charge < -0.3 is 10.4 Å². The molecule has 1 aromatic rings. The number of aliphatic hydroxyl groups is 1. The van der Waals surface area contributed by atoms with Gasteiger partial charge in [-0.2, -0.15) is 0 Å². The van der Waals surface area contributed by atoms with Crippen molar-refractivity contribution in [1.82, 2.24) is 0 Å². The molecule has 0 heterocycles. The van der Waals surface area contributed by atoms with Crippen molar-refractivity contribution in [2.75, 3.05) is 18.5 Å². The summed E-state index contributed by atoms with van der Waals surface area (Å²) in [6.45, 7) is 3.01. The average molecular weight is 193 g/mol. The second-order valence-electron chi connectivity index (χ2n) is 3.41. The summed E-state index contributed by atoms with van der Waals surface area (Å²) in [6.07, 6.45) is 3.55. The molecule has 1 aromatic carbocycles. The molecule has 1 rings (SSSR count). The van der Waals surface area contributed by atoms with E-state index in [0.717, 1.165) is 12.1 Å². The number of unbranched alkanes of at least 4 members (excludes halogenated alkanes) is 1. The molecule has 78 valence electrons. The van der Waals surface area contributed by atoms with E-state index in [4.69, 9.17) is 5.11 Å². The molecule has 0 amide bonds. The van der Waals surface area contributed by atoms with Gasteiger partial charge in [0.25, 0.3) is 0 Å². The van der Waals surface area contributed by atoms with Gasteiger partial charge in [0.05, 0.1) is 6.61 Å². The van der Waals surface area contributed by atoms with Crippen LogP contribution in [0.1, 0.15) is 25.3 Å². The highest BCUT2D eigenvalue weighted by molar-refractivity contribution is 5.51. The number of rotatable bonds is 6. The minimum atomic E-state index is 0.183. The number of hydrogen-bond donors (Lipinski definition) is 2. The maximum atomic E-state index is 8.73. The number of aryl methyl sites for hydroxylation is 1. The van der Waals surface area contributed by atoms with Crippen LogP contribution in [-0.4, -0.2) is 18.3 Å². The fraction of sp³-hybridized carbons (Fsp3) is 0.500. The van der Waals surface area contributed by atoms with E-state index in [1.54, 1.807) is 0 Å². The summed E-state index contributed by atoms with van der Waals surface area (Å²) in [7, 11) is 0. The summed E-state index contributed by atoms with van der Waals surface area (Å²) in [6, 6.07) is 8.31. The first-order valence-corrected chi connectivity index (χ1v) is 5.31. The van der Waals surface area contributed by atoms with Gasteiger partial charge in [-0.05, 0) is 24.5 Å². The van der Waals surface area contributed by atoms with Crippen molar-refractivity contribution in [3.8, 4) is 0 Å². The average Bonchev–Trinajstić information content (AvgIpc) is 2.24. The van der Waals surface area contributed by atoms with Gasteiger partial charge in [-0.25, -0.2) is 0 Å². The summed E-state index contributed by atoms with van der Waals surface area (Å²) < 4.78 is 0. The molecule has 0 aliphatic rings. The van der Waals surface area contributed by atoms with Crippen LogP contribution >= 0.6 is 0 Å². The van der Waals surface area contributed by atoms with Crippen LogP contribution in [0.3, 0.4) is 0 Å². The predicted octanol–water partition coefficient (Wildman–Crippen LogP) is 2.43. The zero-order valence-corrected chi connectivity index (χ0v) is 8.79. The Labute approximate surface area is 86.0 Å². The van der Waals surface area contributed by atoms with E-state index >= 15 is 0 Å². The molecule has 0 aliphatic heterocycles. The maximum Gasteiger partial charge on any atom is 0.0604 e. The van der Waals surface area contributed by atoms with E-state index in [9.17, 15) is 0 Å². The first-order chi connectivity index (χ1) is 6.88. The molecule has 0 unspecified atom stereocenters. The molecule has 0 atom stereocenters. The fourth-order valence-corrected chi connectivity index (χ4v) is 1.47. The number of aliphatic hydroxyl groups excluding tert-OH is 1. The third-order valence-electron chi connectivity index (χ3n) is 2.24. The molecule has 14 heavy (non-hydrogen) atoms. The minimum absolute atomic E-state index is 0.183. The number of nitrogens with one attached hydrogen (secondary N) is 1.